The lowest BCUT2D eigenvalue weighted by atomic mass is 9.95. The zero-order valence-corrected chi connectivity index (χ0v) is 8.18. The summed E-state index contributed by atoms with van der Waals surface area (Å²) in [7, 11) is 0. The minimum absolute atomic E-state index is 0.198. The molecule has 4 heteroatoms. The van der Waals surface area contributed by atoms with E-state index in [4.69, 9.17) is 11.5 Å². The Morgan fingerprint density at radius 1 is 1.54 bits per heavy atom. The van der Waals surface area contributed by atoms with Crippen molar-refractivity contribution < 1.29 is 0 Å². The second kappa shape index (κ2) is 3.38. The molecule has 1 aliphatic rings. The fraction of sp³-hybridized carbons (Fsp3) is 0.444. The molecule has 0 aromatic carbocycles. The summed E-state index contributed by atoms with van der Waals surface area (Å²) in [5, 5.41) is 2.12. The van der Waals surface area contributed by atoms with Gasteiger partial charge < -0.3 is 11.5 Å². The van der Waals surface area contributed by atoms with Crippen LogP contribution >= 0.6 is 11.3 Å². The molecule has 1 aromatic rings. The number of hydrogen-bond acceptors (Lipinski definition) is 2. The van der Waals surface area contributed by atoms with Gasteiger partial charge in [0.15, 0.2) is 5.96 Å². The molecule has 1 aliphatic carbocycles. The van der Waals surface area contributed by atoms with Gasteiger partial charge in [-0.25, -0.2) is 4.99 Å². The van der Waals surface area contributed by atoms with Crippen LogP contribution in [0.5, 0.6) is 0 Å². The topological polar surface area (TPSA) is 64.4 Å². The first-order chi connectivity index (χ1) is 6.27. The first-order valence-electron chi connectivity index (χ1n) is 4.42. The molecule has 1 atom stereocenters. The maximum atomic E-state index is 5.38. The maximum absolute atomic E-state index is 5.38. The third kappa shape index (κ3) is 1.67. The molecule has 0 spiro atoms. The molecule has 0 radical (unpaired) electrons. The number of fused-ring (bicyclic) bond motifs is 1. The van der Waals surface area contributed by atoms with Crippen LogP contribution in [0.15, 0.2) is 16.4 Å². The number of rotatable bonds is 1. The maximum Gasteiger partial charge on any atom is 0.186 e. The van der Waals surface area contributed by atoms with Gasteiger partial charge in [-0.1, -0.05) is 0 Å². The third-order valence-electron chi connectivity index (χ3n) is 2.33. The number of hydrogen-bond donors (Lipinski definition) is 2. The summed E-state index contributed by atoms with van der Waals surface area (Å²) >= 11 is 1.81. The summed E-state index contributed by atoms with van der Waals surface area (Å²) in [6.07, 6.45) is 3.44. The predicted molar refractivity (Wildman–Crippen MR) is 55.8 cm³/mol. The highest BCUT2D eigenvalue weighted by Gasteiger charge is 2.20. The second-order valence-corrected chi connectivity index (χ2v) is 4.26. The summed E-state index contributed by atoms with van der Waals surface area (Å²) in [5.41, 5.74) is 12.1. The Hall–Kier alpha value is -1.03. The zero-order valence-electron chi connectivity index (χ0n) is 7.36. The number of aliphatic imine (C=N–C) groups is 1. The van der Waals surface area contributed by atoms with Crippen LogP contribution < -0.4 is 11.5 Å². The molecule has 0 fully saturated rings. The Morgan fingerprint density at radius 3 is 3.15 bits per heavy atom. The second-order valence-electron chi connectivity index (χ2n) is 3.26. The van der Waals surface area contributed by atoms with Crippen LogP contribution in [0.4, 0.5) is 0 Å². The molecule has 0 saturated carbocycles. The van der Waals surface area contributed by atoms with Crippen molar-refractivity contribution in [1.29, 1.82) is 0 Å². The summed E-state index contributed by atoms with van der Waals surface area (Å²) < 4.78 is 0. The van der Waals surface area contributed by atoms with E-state index in [0.717, 1.165) is 6.42 Å². The molecule has 70 valence electrons. The third-order valence-corrected chi connectivity index (χ3v) is 3.32. The smallest absolute Gasteiger partial charge is 0.186 e. The molecule has 13 heavy (non-hydrogen) atoms. The van der Waals surface area contributed by atoms with Crippen molar-refractivity contribution >= 4 is 17.3 Å². The van der Waals surface area contributed by atoms with Gasteiger partial charge in [-0.3, -0.25) is 0 Å². The number of thiophene rings is 1. The van der Waals surface area contributed by atoms with E-state index >= 15 is 0 Å². The van der Waals surface area contributed by atoms with E-state index in [0.29, 0.717) is 0 Å². The van der Waals surface area contributed by atoms with Gasteiger partial charge in [0.25, 0.3) is 0 Å². The lowest BCUT2D eigenvalue weighted by Crippen LogP contribution is -2.24. The van der Waals surface area contributed by atoms with Crippen molar-refractivity contribution in [2.24, 2.45) is 16.5 Å². The number of nitrogens with zero attached hydrogens (tertiary/aromatic N) is 1. The quantitative estimate of drug-likeness (QED) is 0.525. The first kappa shape index (κ1) is 8.56. The summed E-state index contributed by atoms with van der Waals surface area (Å²) in [6, 6.07) is 2.34. The van der Waals surface area contributed by atoms with Crippen molar-refractivity contribution in [2.75, 3.05) is 0 Å². The van der Waals surface area contributed by atoms with E-state index < -0.39 is 0 Å². The van der Waals surface area contributed by atoms with E-state index in [1.807, 2.05) is 0 Å². The van der Waals surface area contributed by atoms with E-state index in [1.165, 1.54) is 23.3 Å². The zero-order chi connectivity index (χ0) is 9.26. The van der Waals surface area contributed by atoms with Gasteiger partial charge in [-0.15, -0.1) is 11.3 Å². The molecule has 1 aromatic heterocycles. The van der Waals surface area contributed by atoms with Gasteiger partial charge in [-0.2, -0.15) is 0 Å². The standard InChI is InChI=1S/C9H13N3S/c10-9(11)12-7-2-1-3-8-6(7)4-5-13-8/h4-5,7H,1-3H2,(H4,10,11,12)/t7-/m1/s1. The van der Waals surface area contributed by atoms with Crippen molar-refractivity contribution in [2.45, 2.75) is 25.3 Å². The van der Waals surface area contributed by atoms with Crippen LogP contribution in [-0.2, 0) is 6.42 Å². The van der Waals surface area contributed by atoms with Crippen LogP contribution in [0, 0.1) is 0 Å². The molecule has 0 amide bonds. The molecule has 0 bridgehead atoms. The SMILES string of the molecule is NC(N)=N[C@@H]1CCCc2sccc21. The highest BCUT2D eigenvalue weighted by molar-refractivity contribution is 7.10. The van der Waals surface area contributed by atoms with Gasteiger partial charge in [0.05, 0.1) is 6.04 Å². The molecule has 3 nitrogen and oxygen atoms in total. The summed E-state index contributed by atoms with van der Waals surface area (Å²) in [6.45, 7) is 0. The number of guanidine groups is 1. The summed E-state index contributed by atoms with van der Waals surface area (Å²) in [5.74, 6) is 0.198. The number of nitrogens with two attached hydrogens (primary N) is 2. The Labute approximate surface area is 81.5 Å². The monoisotopic (exact) mass is 195 g/mol. The molecule has 1 heterocycles. The normalized spacial score (nSPS) is 20.8. The molecular weight excluding hydrogens is 182 g/mol. The molecular formula is C9H13N3S. The molecule has 2 rings (SSSR count). The molecule has 4 N–H and O–H groups in total. The van der Waals surface area contributed by atoms with Gasteiger partial charge in [0, 0.05) is 4.88 Å². The fourth-order valence-corrected chi connectivity index (χ4v) is 2.76. The Kier molecular flexibility index (Phi) is 2.22. The van der Waals surface area contributed by atoms with Gasteiger partial charge >= 0.3 is 0 Å². The Morgan fingerprint density at radius 2 is 2.38 bits per heavy atom. The molecule has 0 unspecified atom stereocenters. The van der Waals surface area contributed by atoms with Crippen molar-refractivity contribution in [1.82, 2.24) is 0 Å². The average molecular weight is 195 g/mol. The lowest BCUT2D eigenvalue weighted by molar-refractivity contribution is 0.579. The number of aryl methyl sites for hydroxylation is 1. The predicted octanol–water partition coefficient (Wildman–Crippen LogP) is 1.40. The fourth-order valence-electron chi connectivity index (χ4n) is 1.78. The van der Waals surface area contributed by atoms with E-state index in [1.54, 1.807) is 11.3 Å². The minimum Gasteiger partial charge on any atom is -0.370 e. The lowest BCUT2D eigenvalue weighted by Gasteiger charge is -2.18. The first-order valence-corrected chi connectivity index (χ1v) is 5.30. The Balaban J connectivity index is 2.30. The van der Waals surface area contributed by atoms with Crippen LogP contribution in [0.1, 0.15) is 29.3 Å². The van der Waals surface area contributed by atoms with Crippen molar-refractivity contribution in [3.63, 3.8) is 0 Å². The van der Waals surface area contributed by atoms with Gasteiger partial charge in [-0.05, 0) is 36.3 Å². The van der Waals surface area contributed by atoms with E-state index in [9.17, 15) is 0 Å². The van der Waals surface area contributed by atoms with Crippen LogP contribution in [0.3, 0.4) is 0 Å². The van der Waals surface area contributed by atoms with Crippen LogP contribution in [-0.4, -0.2) is 5.96 Å². The van der Waals surface area contributed by atoms with E-state index in [-0.39, 0.29) is 12.0 Å². The van der Waals surface area contributed by atoms with Gasteiger partial charge in [0.1, 0.15) is 0 Å². The molecule has 0 aliphatic heterocycles. The minimum atomic E-state index is 0.198. The Bertz CT molecular complexity index is 325. The highest BCUT2D eigenvalue weighted by Crippen LogP contribution is 2.35. The van der Waals surface area contributed by atoms with Gasteiger partial charge in [0.2, 0.25) is 0 Å². The van der Waals surface area contributed by atoms with E-state index in [2.05, 4.69) is 16.4 Å². The largest absolute Gasteiger partial charge is 0.370 e. The average Bonchev–Trinajstić information content (AvgIpc) is 2.51. The highest BCUT2D eigenvalue weighted by atomic mass is 32.1. The van der Waals surface area contributed by atoms with Crippen molar-refractivity contribution in [3.8, 4) is 0 Å². The molecule has 0 saturated heterocycles. The van der Waals surface area contributed by atoms with Crippen LogP contribution in [0.25, 0.3) is 0 Å². The summed E-state index contributed by atoms with van der Waals surface area (Å²) in [4.78, 5) is 5.67. The van der Waals surface area contributed by atoms with Crippen LogP contribution in [0.2, 0.25) is 0 Å². The van der Waals surface area contributed by atoms with Crippen molar-refractivity contribution in [3.05, 3.63) is 21.9 Å².